The minimum atomic E-state index is -4.41. The number of pyridine rings is 1. The number of aryl methyl sites for hydroxylation is 1. The van der Waals surface area contributed by atoms with Crippen molar-refractivity contribution in [3.05, 3.63) is 86.1 Å². The molecule has 0 amide bonds. The zero-order valence-electron chi connectivity index (χ0n) is 17.5. The predicted molar refractivity (Wildman–Crippen MR) is 127 cm³/mol. The molecule has 0 spiro atoms. The number of unbranched alkanes of at least 4 members (excludes halogenated alkanes) is 1. The molecule has 0 aliphatic rings. The lowest BCUT2D eigenvalue weighted by Crippen LogP contribution is -2.23. The number of nitrogens with one attached hydrogen (secondary N) is 1. The summed E-state index contributed by atoms with van der Waals surface area (Å²) in [6.45, 7) is 9.65. The Morgan fingerprint density at radius 1 is 1.24 bits per heavy atom. The Morgan fingerprint density at radius 2 is 1.94 bits per heavy atom. The molecule has 10 heteroatoms. The minimum Gasteiger partial charge on any atom is -0.504 e. The van der Waals surface area contributed by atoms with Gasteiger partial charge < -0.3 is 10.1 Å². The van der Waals surface area contributed by atoms with Crippen LogP contribution >= 0.6 is 15.9 Å². The number of hydrogen-bond acceptors (Lipinski definition) is 6. The normalized spacial score (nSPS) is 10.9. The van der Waals surface area contributed by atoms with Gasteiger partial charge in [-0.05, 0) is 60.3 Å². The van der Waals surface area contributed by atoms with Gasteiger partial charge in [-0.15, -0.1) is 0 Å². The average molecular weight is 527 g/mol. The molecule has 0 radical (unpaired) electrons. The van der Waals surface area contributed by atoms with E-state index in [0.717, 1.165) is 11.4 Å². The van der Waals surface area contributed by atoms with Gasteiger partial charge in [0.25, 0.3) is 5.56 Å². The van der Waals surface area contributed by atoms with Crippen LogP contribution in [-0.4, -0.2) is 18.5 Å². The van der Waals surface area contributed by atoms with E-state index in [-0.39, 0.29) is 27.5 Å². The van der Waals surface area contributed by atoms with Gasteiger partial charge in [-0.3, -0.25) is 4.79 Å². The van der Waals surface area contributed by atoms with Crippen LogP contribution in [0.5, 0.6) is 5.75 Å². The predicted octanol–water partition coefficient (Wildman–Crippen LogP) is 4.86. The summed E-state index contributed by atoms with van der Waals surface area (Å²) in [5.41, 5.74) is -0.351. The second kappa shape index (κ2) is 9.90. The molecule has 0 bridgehead atoms. The monoisotopic (exact) mass is 526 g/mol. The molecule has 0 atom stereocenters. The topological polar surface area (TPSA) is 119 Å². The summed E-state index contributed by atoms with van der Waals surface area (Å²) in [5.74, 6) is -0.814. The average Bonchev–Trinajstić information content (AvgIpc) is 2.80. The maximum atomic E-state index is 13.3. The largest absolute Gasteiger partial charge is 0.504 e. The highest BCUT2D eigenvalue weighted by atomic mass is 79.9. The van der Waals surface area contributed by atoms with Gasteiger partial charge in [-0.25, -0.2) is 8.42 Å². The first kappa shape index (κ1) is 24.1. The Bertz CT molecular complexity index is 1440. The van der Waals surface area contributed by atoms with Gasteiger partial charge in [0.1, 0.15) is 5.69 Å². The number of aromatic amines is 1. The van der Waals surface area contributed by atoms with Crippen molar-refractivity contribution in [1.29, 1.82) is 5.26 Å². The fourth-order valence-corrected chi connectivity index (χ4v) is 4.94. The molecule has 33 heavy (non-hydrogen) atoms. The van der Waals surface area contributed by atoms with E-state index in [2.05, 4.69) is 25.9 Å². The maximum Gasteiger partial charge on any atom is 0.271 e. The third kappa shape index (κ3) is 4.77. The highest BCUT2D eigenvalue weighted by molar-refractivity contribution is 9.10. The molecule has 0 fully saturated rings. The van der Waals surface area contributed by atoms with Crippen LogP contribution in [0.4, 0.5) is 11.4 Å². The van der Waals surface area contributed by atoms with E-state index < -0.39 is 26.0 Å². The molecule has 2 aromatic carbocycles. The van der Waals surface area contributed by atoms with Crippen LogP contribution in [0.25, 0.3) is 4.95 Å². The highest BCUT2D eigenvalue weighted by Gasteiger charge is 2.33. The van der Waals surface area contributed by atoms with Crippen molar-refractivity contribution in [3.63, 3.8) is 0 Å². The molecule has 168 valence electrons. The van der Waals surface area contributed by atoms with Crippen molar-refractivity contribution in [2.45, 2.75) is 36.0 Å². The fourth-order valence-electron chi connectivity index (χ4n) is 3.30. The van der Waals surface area contributed by atoms with Gasteiger partial charge in [0, 0.05) is 4.47 Å². The second-order valence-electron chi connectivity index (χ2n) is 7.09. The first-order chi connectivity index (χ1) is 15.7. The van der Waals surface area contributed by atoms with Gasteiger partial charge in [-0.2, -0.15) is 16.8 Å². The molecule has 8 nitrogen and oxygen atoms in total. The summed E-state index contributed by atoms with van der Waals surface area (Å²) in [7, 11) is -4.41. The molecule has 0 aliphatic heterocycles. The van der Waals surface area contributed by atoms with E-state index >= 15 is 0 Å². The Balaban J connectivity index is 2.32. The SMILES string of the molecule is [C-]#[N+]N(c1cccc(C#N)c1)c1c(CCCC)[nH]c(=O)c(S(=O)(=O)c2ccc(Br)cc2)c1O. The van der Waals surface area contributed by atoms with Gasteiger partial charge in [0.15, 0.2) is 16.3 Å². The first-order valence-corrected chi connectivity index (χ1v) is 12.2. The molecule has 1 aromatic heterocycles. The molecule has 3 aromatic rings. The summed E-state index contributed by atoms with van der Waals surface area (Å²) < 4.78 is 27.2. The van der Waals surface area contributed by atoms with Gasteiger partial charge >= 0.3 is 0 Å². The van der Waals surface area contributed by atoms with E-state index in [1.54, 1.807) is 18.2 Å². The van der Waals surface area contributed by atoms with Crippen LogP contribution in [0.15, 0.2) is 67.6 Å². The minimum absolute atomic E-state index is 0.135. The van der Waals surface area contributed by atoms with E-state index in [4.69, 9.17) is 6.57 Å². The lowest BCUT2D eigenvalue weighted by molar-refractivity contribution is 0.455. The number of sulfone groups is 1. The molecule has 0 saturated heterocycles. The number of aromatic nitrogens is 1. The Hall–Kier alpha value is -3.60. The van der Waals surface area contributed by atoms with Gasteiger partial charge in [-0.1, -0.05) is 35.3 Å². The Labute approximate surface area is 199 Å². The smallest absolute Gasteiger partial charge is 0.271 e. The lowest BCUT2D eigenvalue weighted by atomic mass is 10.1. The number of benzene rings is 2. The molecule has 0 unspecified atom stereocenters. The van der Waals surface area contributed by atoms with Crippen LogP contribution < -0.4 is 10.6 Å². The van der Waals surface area contributed by atoms with Crippen molar-refractivity contribution < 1.29 is 13.5 Å². The lowest BCUT2D eigenvalue weighted by Gasteiger charge is -2.18. The van der Waals surface area contributed by atoms with E-state index in [9.17, 15) is 23.6 Å². The zero-order valence-corrected chi connectivity index (χ0v) is 19.9. The van der Waals surface area contributed by atoms with E-state index in [0.29, 0.717) is 17.3 Å². The number of nitriles is 1. The second-order valence-corrected chi connectivity index (χ2v) is 9.90. The number of halogens is 1. The van der Waals surface area contributed by atoms with Crippen molar-refractivity contribution in [2.24, 2.45) is 0 Å². The summed E-state index contributed by atoms with van der Waals surface area (Å²) in [6, 6.07) is 13.7. The fraction of sp³-hybridized carbons (Fsp3) is 0.174. The summed E-state index contributed by atoms with van der Waals surface area (Å²) >= 11 is 3.23. The van der Waals surface area contributed by atoms with Crippen molar-refractivity contribution in [1.82, 2.24) is 4.98 Å². The van der Waals surface area contributed by atoms with Crippen molar-refractivity contribution >= 4 is 37.1 Å². The third-order valence-electron chi connectivity index (χ3n) is 4.90. The molecular formula is C23H19BrN4O4S. The highest BCUT2D eigenvalue weighted by Crippen LogP contribution is 2.40. The van der Waals surface area contributed by atoms with Crippen LogP contribution in [0.3, 0.4) is 0 Å². The molecule has 3 rings (SSSR count). The van der Waals surface area contributed by atoms with Crippen LogP contribution in [-0.2, 0) is 16.3 Å². The van der Waals surface area contributed by atoms with Crippen LogP contribution in [0, 0.1) is 17.9 Å². The first-order valence-electron chi connectivity index (χ1n) is 9.91. The molecule has 0 saturated carbocycles. The van der Waals surface area contributed by atoms with Crippen LogP contribution in [0.1, 0.15) is 31.0 Å². The summed E-state index contributed by atoms with van der Waals surface area (Å²) in [5, 5.41) is 21.3. The van der Waals surface area contributed by atoms with Crippen molar-refractivity contribution in [2.75, 3.05) is 5.01 Å². The Kier molecular flexibility index (Phi) is 7.22. The number of nitrogens with zero attached hydrogens (tertiary/aromatic N) is 3. The third-order valence-corrected chi connectivity index (χ3v) is 7.24. The van der Waals surface area contributed by atoms with E-state index in [1.807, 2.05) is 13.0 Å². The number of H-pyrrole nitrogens is 1. The van der Waals surface area contributed by atoms with Crippen molar-refractivity contribution in [3.8, 4) is 11.8 Å². The summed E-state index contributed by atoms with van der Waals surface area (Å²) in [6.07, 6.45) is 1.70. The quantitative estimate of drug-likeness (QED) is 0.335. The molecule has 1 heterocycles. The summed E-state index contributed by atoms with van der Waals surface area (Å²) in [4.78, 5) is 17.9. The van der Waals surface area contributed by atoms with E-state index in [1.165, 1.54) is 30.3 Å². The number of rotatable bonds is 7. The molecular weight excluding hydrogens is 508 g/mol. The maximum absolute atomic E-state index is 13.3. The van der Waals surface area contributed by atoms with Crippen LogP contribution in [0.2, 0.25) is 0 Å². The number of hydrogen-bond donors (Lipinski definition) is 2. The Morgan fingerprint density at radius 3 is 2.55 bits per heavy atom. The number of aromatic hydroxyl groups is 1. The number of anilines is 2. The zero-order chi connectivity index (χ0) is 24.2. The standard InChI is InChI=1S/C23H19BrN4O4S/c1-3-4-8-19-20(28(26-2)17-7-5-6-15(13-17)14-25)21(29)22(23(30)27-19)33(31,32)18-11-9-16(24)10-12-18/h5-7,9-13H,3-4,8H2,1H3,(H2,27,29,30). The molecule has 0 aliphatic carbocycles. The molecule has 2 N–H and O–H groups in total. The van der Waals surface area contributed by atoms with Gasteiger partial charge in [0.05, 0.1) is 22.2 Å². The van der Waals surface area contributed by atoms with Gasteiger partial charge in [0.2, 0.25) is 9.84 Å².